The molecular formula is C17H22N2O3S. The fourth-order valence-corrected chi connectivity index (χ4v) is 2.73. The van der Waals surface area contributed by atoms with E-state index in [0.717, 1.165) is 6.54 Å². The molecule has 1 atom stereocenters. The number of likely N-dealkylation sites (N-methyl/N-ethyl adjacent to an activating group) is 1. The second-order valence-electron chi connectivity index (χ2n) is 5.43. The Hall–Kier alpha value is -1.89. The van der Waals surface area contributed by atoms with Crippen molar-refractivity contribution in [3.05, 3.63) is 60.2 Å². The Balaban J connectivity index is 1.85. The number of hydrogen-bond donors (Lipinski definition) is 1. The van der Waals surface area contributed by atoms with Crippen molar-refractivity contribution in [3.63, 3.8) is 0 Å². The highest BCUT2D eigenvalue weighted by Crippen LogP contribution is 2.18. The van der Waals surface area contributed by atoms with Crippen LogP contribution in [0.2, 0.25) is 0 Å². The first-order chi connectivity index (χ1) is 10.9. The highest BCUT2D eigenvalue weighted by atomic mass is 32.2. The molecule has 0 aliphatic carbocycles. The SMILES string of the molecule is CC(c1ccccc1)N(C)CCOc1ccc(S(N)(=O)=O)cc1. The van der Waals surface area contributed by atoms with Crippen LogP contribution >= 0.6 is 0 Å². The van der Waals surface area contributed by atoms with Gasteiger partial charge in [0.15, 0.2) is 0 Å². The maximum atomic E-state index is 11.2. The molecule has 2 rings (SSSR count). The maximum Gasteiger partial charge on any atom is 0.238 e. The molecule has 0 bridgehead atoms. The van der Waals surface area contributed by atoms with Crippen LogP contribution in [0.3, 0.4) is 0 Å². The lowest BCUT2D eigenvalue weighted by atomic mass is 10.1. The maximum absolute atomic E-state index is 11.2. The van der Waals surface area contributed by atoms with Gasteiger partial charge in [-0.05, 0) is 43.8 Å². The molecule has 5 nitrogen and oxygen atoms in total. The van der Waals surface area contributed by atoms with Crippen LogP contribution in [0.1, 0.15) is 18.5 Å². The highest BCUT2D eigenvalue weighted by molar-refractivity contribution is 7.89. The van der Waals surface area contributed by atoms with E-state index < -0.39 is 10.0 Å². The van der Waals surface area contributed by atoms with Crippen LogP contribution < -0.4 is 9.88 Å². The minimum absolute atomic E-state index is 0.0830. The zero-order valence-electron chi connectivity index (χ0n) is 13.3. The number of hydrogen-bond acceptors (Lipinski definition) is 4. The predicted molar refractivity (Wildman–Crippen MR) is 90.8 cm³/mol. The van der Waals surface area contributed by atoms with Crippen LogP contribution in [0, 0.1) is 0 Å². The molecule has 0 radical (unpaired) electrons. The number of nitrogens with two attached hydrogens (primary N) is 1. The van der Waals surface area contributed by atoms with Crippen molar-refractivity contribution in [2.45, 2.75) is 17.9 Å². The molecule has 23 heavy (non-hydrogen) atoms. The number of primary sulfonamides is 1. The van der Waals surface area contributed by atoms with E-state index in [1.165, 1.54) is 17.7 Å². The average molecular weight is 334 g/mol. The summed E-state index contributed by atoms with van der Waals surface area (Å²) in [6, 6.07) is 16.7. The quantitative estimate of drug-likeness (QED) is 0.844. The first kappa shape index (κ1) is 17.5. The second kappa shape index (κ2) is 7.59. The molecule has 0 aromatic heterocycles. The van der Waals surface area contributed by atoms with Gasteiger partial charge in [0.2, 0.25) is 10.0 Å². The Kier molecular flexibility index (Phi) is 5.76. The van der Waals surface area contributed by atoms with E-state index >= 15 is 0 Å². The molecule has 0 saturated heterocycles. The van der Waals surface area contributed by atoms with Crippen molar-refractivity contribution >= 4 is 10.0 Å². The van der Waals surface area contributed by atoms with Crippen molar-refractivity contribution in [2.24, 2.45) is 5.14 Å². The van der Waals surface area contributed by atoms with Gasteiger partial charge >= 0.3 is 0 Å². The number of rotatable bonds is 7. The Morgan fingerprint density at radius 2 is 1.70 bits per heavy atom. The van der Waals surface area contributed by atoms with Crippen LogP contribution in [-0.2, 0) is 10.0 Å². The van der Waals surface area contributed by atoms with Gasteiger partial charge < -0.3 is 4.74 Å². The molecule has 6 heteroatoms. The first-order valence-electron chi connectivity index (χ1n) is 7.39. The molecule has 0 saturated carbocycles. The van der Waals surface area contributed by atoms with Gasteiger partial charge in [0, 0.05) is 12.6 Å². The summed E-state index contributed by atoms with van der Waals surface area (Å²) in [5.74, 6) is 0.623. The standard InChI is InChI=1S/C17H22N2O3S/c1-14(15-6-4-3-5-7-15)19(2)12-13-22-16-8-10-17(11-9-16)23(18,20)21/h3-11,14H,12-13H2,1-2H3,(H2,18,20,21). The monoisotopic (exact) mass is 334 g/mol. The summed E-state index contributed by atoms with van der Waals surface area (Å²) >= 11 is 0. The van der Waals surface area contributed by atoms with E-state index in [-0.39, 0.29) is 4.90 Å². The van der Waals surface area contributed by atoms with Gasteiger partial charge in [-0.15, -0.1) is 0 Å². The summed E-state index contributed by atoms with van der Waals surface area (Å²) in [6.07, 6.45) is 0. The largest absolute Gasteiger partial charge is 0.492 e. The molecule has 0 fully saturated rings. The van der Waals surface area contributed by atoms with E-state index in [4.69, 9.17) is 9.88 Å². The van der Waals surface area contributed by atoms with Gasteiger partial charge in [-0.3, -0.25) is 4.90 Å². The van der Waals surface area contributed by atoms with Crippen molar-refractivity contribution in [3.8, 4) is 5.75 Å². The van der Waals surface area contributed by atoms with Crippen LogP contribution in [-0.4, -0.2) is 33.5 Å². The summed E-state index contributed by atoms with van der Waals surface area (Å²) < 4.78 is 28.0. The summed E-state index contributed by atoms with van der Waals surface area (Å²) in [6.45, 7) is 3.42. The average Bonchev–Trinajstić information content (AvgIpc) is 2.54. The van der Waals surface area contributed by atoms with E-state index in [2.05, 4.69) is 24.0 Å². The molecule has 1 unspecified atom stereocenters. The van der Waals surface area contributed by atoms with Crippen LogP contribution in [0.15, 0.2) is 59.5 Å². The number of nitrogens with zero attached hydrogens (tertiary/aromatic N) is 1. The summed E-state index contributed by atoms with van der Waals surface area (Å²) in [5.41, 5.74) is 1.26. The first-order valence-corrected chi connectivity index (χ1v) is 8.93. The molecule has 2 aromatic carbocycles. The number of ether oxygens (including phenoxy) is 1. The van der Waals surface area contributed by atoms with Crippen molar-refractivity contribution in [2.75, 3.05) is 20.2 Å². The van der Waals surface area contributed by atoms with E-state index in [0.29, 0.717) is 18.4 Å². The van der Waals surface area contributed by atoms with Gasteiger partial charge in [0.25, 0.3) is 0 Å². The molecule has 2 aromatic rings. The zero-order chi connectivity index (χ0) is 16.9. The molecule has 0 aliphatic heterocycles. The third-order valence-corrected chi connectivity index (χ3v) is 4.74. The van der Waals surface area contributed by atoms with Crippen LogP contribution in [0.5, 0.6) is 5.75 Å². The summed E-state index contributed by atoms with van der Waals surface area (Å²) in [7, 11) is -1.61. The molecule has 2 N–H and O–H groups in total. The van der Waals surface area contributed by atoms with Crippen LogP contribution in [0.4, 0.5) is 0 Å². The van der Waals surface area contributed by atoms with E-state index in [9.17, 15) is 8.42 Å². The molecule has 0 spiro atoms. The molecule has 0 heterocycles. The zero-order valence-corrected chi connectivity index (χ0v) is 14.2. The van der Waals surface area contributed by atoms with Gasteiger partial charge in [0.05, 0.1) is 4.90 Å². The molecule has 0 amide bonds. The normalized spacial score (nSPS) is 13.0. The third-order valence-electron chi connectivity index (χ3n) is 3.81. The Morgan fingerprint density at radius 1 is 1.09 bits per heavy atom. The summed E-state index contributed by atoms with van der Waals surface area (Å²) in [5, 5.41) is 5.06. The molecular weight excluding hydrogens is 312 g/mol. The van der Waals surface area contributed by atoms with Crippen molar-refractivity contribution < 1.29 is 13.2 Å². The van der Waals surface area contributed by atoms with Crippen molar-refractivity contribution in [1.82, 2.24) is 4.90 Å². The fourth-order valence-electron chi connectivity index (χ4n) is 2.21. The third kappa shape index (κ3) is 5.06. The lowest BCUT2D eigenvalue weighted by molar-refractivity contribution is 0.201. The molecule has 124 valence electrons. The van der Waals surface area contributed by atoms with Gasteiger partial charge in [-0.1, -0.05) is 30.3 Å². The number of sulfonamides is 1. The predicted octanol–water partition coefficient (Wildman–Crippen LogP) is 2.41. The Bertz CT molecular complexity index is 715. The highest BCUT2D eigenvalue weighted by Gasteiger charge is 2.11. The minimum atomic E-state index is -3.66. The van der Waals surface area contributed by atoms with Gasteiger partial charge in [-0.25, -0.2) is 13.6 Å². The van der Waals surface area contributed by atoms with Crippen molar-refractivity contribution in [1.29, 1.82) is 0 Å². The topological polar surface area (TPSA) is 72.6 Å². The Labute approximate surface area is 137 Å². The van der Waals surface area contributed by atoms with Gasteiger partial charge in [-0.2, -0.15) is 0 Å². The minimum Gasteiger partial charge on any atom is -0.492 e. The van der Waals surface area contributed by atoms with Crippen LogP contribution in [0.25, 0.3) is 0 Å². The van der Waals surface area contributed by atoms with E-state index in [1.807, 2.05) is 25.2 Å². The van der Waals surface area contributed by atoms with E-state index in [1.54, 1.807) is 12.1 Å². The lowest BCUT2D eigenvalue weighted by Gasteiger charge is -2.25. The fraction of sp³-hybridized carbons (Fsp3) is 0.294. The summed E-state index contributed by atoms with van der Waals surface area (Å²) in [4.78, 5) is 2.29. The number of benzene rings is 2. The lowest BCUT2D eigenvalue weighted by Crippen LogP contribution is -2.27. The smallest absolute Gasteiger partial charge is 0.238 e. The second-order valence-corrected chi connectivity index (χ2v) is 6.99. The molecule has 0 aliphatic rings. The van der Waals surface area contributed by atoms with Gasteiger partial charge in [0.1, 0.15) is 12.4 Å². The Morgan fingerprint density at radius 3 is 2.26 bits per heavy atom.